The van der Waals surface area contributed by atoms with Crippen molar-refractivity contribution in [3.63, 3.8) is 0 Å². The number of carbonyl (C=O) groups excluding carboxylic acids is 1. The molecule has 0 heterocycles. The zero-order valence-corrected chi connectivity index (χ0v) is 11.1. The van der Waals surface area contributed by atoms with E-state index in [4.69, 9.17) is 16.7 Å². The molecule has 6 heteroatoms. The molecule has 4 nitrogen and oxygen atoms in total. The molecule has 1 rings (SSSR count). The summed E-state index contributed by atoms with van der Waals surface area (Å²) in [6.45, 7) is 0.790. The molecule has 0 aromatic heterocycles. The van der Waals surface area contributed by atoms with Crippen molar-refractivity contribution in [1.29, 1.82) is 0 Å². The molecule has 0 aliphatic carbocycles. The molecule has 0 saturated carbocycles. The van der Waals surface area contributed by atoms with Gasteiger partial charge in [0.05, 0.1) is 11.6 Å². The van der Waals surface area contributed by atoms with Crippen molar-refractivity contribution < 1.29 is 19.4 Å². The van der Waals surface area contributed by atoms with Crippen LogP contribution in [0.25, 0.3) is 6.08 Å². The third kappa shape index (κ3) is 4.98. The third-order valence-electron chi connectivity index (χ3n) is 2.39. The van der Waals surface area contributed by atoms with Gasteiger partial charge in [0.25, 0.3) is 0 Å². The van der Waals surface area contributed by atoms with Crippen molar-refractivity contribution in [2.24, 2.45) is 0 Å². The number of amides is 1. The van der Waals surface area contributed by atoms with Crippen LogP contribution >= 0.6 is 11.6 Å². The van der Waals surface area contributed by atoms with E-state index < -0.39 is 23.9 Å². The maximum atomic E-state index is 13.4. The quantitative estimate of drug-likeness (QED) is 0.716. The second-order valence-electron chi connectivity index (χ2n) is 4.34. The van der Waals surface area contributed by atoms with Gasteiger partial charge in [-0.2, -0.15) is 0 Å². The predicted octanol–water partition coefficient (Wildman–Crippen LogP) is 1.35. The molecular formula is C13H15ClFNO3. The number of carbonyl (C=O) groups is 1. The number of rotatable bonds is 5. The van der Waals surface area contributed by atoms with Crippen molar-refractivity contribution in [2.75, 3.05) is 13.2 Å². The van der Waals surface area contributed by atoms with Gasteiger partial charge in [-0.1, -0.05) is 17.7 Å². The largest absolute Gasteiger partial charge is 0.393 e. The summed E-state index contributed by atoms with van der Waals surface area (Å²) >= 11 is 5.79. The van der Waals surface area contributed by atoms with Crippen LogP contribution < -0.4 is 5.32 Å². The summed E-state index contributed by atoms with van der Waals surface area (Å²) < 4.78 is 13.4. The molecule has 19 heavy (non-hydrogen) atoms. The van der Waals surface area contributed by atoms with Crippen LogP contribution in [0.1, 0.15) is 12.5 Å². The second kappa shape index (κ2) is 6.65. The number of aliphatic hydroxyl groups excluding tert-OH is 1. The first-order chi connectivity index (χ1) is 8.85. The van der Waals surface area contributed by atoms with Crippen LogP contribution in [0.15, 0.2) is 24.3 Å². The Morgan fingerprint density at radius 3 is 2.84 bits per heavy atom. The standard InChI is InChI=1S/C13H15ClFNO3/c1-13(19,8-17)7-16-12(18)6-5-9-10(14)3-2-4-11(9)15/h2-6,17,19H,7-8H2,1H3,(H,16,18). The summed E-state index contributed by atoms with van der Waals surface area (Å²) in [5, 5.41) is 20.9. The summed E-state index contributed by atoms with van der Waals surface area (Å²) in [6.07, 6.45) is 2.36. The Morgan fingerprint density at radius 2 is 2.26 bits per heavy atom. The Bertz CT molecular complexity index is 469. The van der Waals surface area contributed by atoms with Crippen LogP contribution in [0.3, 0.4) is 0 Å². The Morgan fingerprint density at radius 1 is 1.58 bits per heavy atom. The van der Waals surface area contributed by atoms with Gasteiger partial charge in [-0.25, -0.2) is 4.39 Å². The van der Waals surface area contributed by atoms with Crippen LogP contribution in [0.5, 0.6) is 0 Å². The van der Waals surface area contributed by atoms with Crippen LogP contribution in [-0.2, 0) is 4.79 Å². The van der Waals surface area contributed by atoms with Gasteiger partial charge in [-0.05, 0) is 25.1 Å². The van der Waals surface area contributed by atoms with E-state index in [1.54, 1.807) is 0 Å². The van der Waals surface area contributed by atoms with E-state index in [0.29, 0.717) is 0 Å². The van der Waals surface area contributed by atoms with E-state index >= 15 is 0 Å². The van der Waals surface area contributed by atoms with Crippen molar-refractivity contribution in [1.82, 2.24) is 5.32 Å². The summed E-state index contributed by atoms with van der Waals surface area (Å²) in [7, 11) is 0. The minimum atomic E-state index is -1.39. The van der Waals surface area contributed by atoms with Crippen LogP contribution in [0.4, 0.5) is 4.39 Å². The lowest BCUT2D eigenvalue weighted by Gasteiger charge is -2.19. The van der Waals surface area contributed by atoms with E-state index in [1.165, 1.54) is 31.2 Å². The molecule has 0 fully saturated rings. The van der Waals surface area contributed by atoms with E-state index in [-0.39, 0.29) is 17.1 Å². The van der Waals surface area contributed by atoms with Gasteiger partial charge in [0.15, 0.2) is 0 Å². The molecule has 1 aromatic carbocycles. The first-order valence-electron chi connectivity index (χ1n) is 5.59. The molecule has 0 radical (unpaired) electrons. The second-order valence-corrected chi connectivity index (χ2v) is 4.75. The number of halogens is 2. The van der Waals surface area contributed by atoms with Gasteiger partial charge in [-0.15, -0.1) is 0 Å². The van der Waals surface area contributed by atoms with Crippen molar-refractivity contribution in [3.8, 4) is 0 Å². The highest BCUT2D eigenvalue weighted by molar-refractivity contribution is 6.32. The average Bonchev–Trinajstić information content (AvgIpc) is 2.36. The van der Waals surface area contributed by atoms with Crippen LogP contribution in [0, 0.1) is 5.82 Å². The Hall–Kier alpha value is -1.43. The first kappa shape index (κ1) is 15.6. The molecule has 0 saturated heterocycles. The number of hydrogen-bond acceptors (Lipinski definition) is 3. The maximum Gasteiger partial charge on any atom is 0.244 e. The normalized spacial score (nSPS) is 14.4. The van der Waals surface area contributed by atoms with Gasteiger partial charge in [0, 0.05) is 18.2 Å². The summed E-state index contributed by atoms with van der Waals surface area (Å²) in [6, 6.07) is 4.21. The van der Waals surface area contributed by atoms with Gasteiger partial charge < -0.3 is 15.5 Å². The topological polar surface area (TPSA) is 69.6 Å². The van der Waals surface area contributed by atoms with Gasteiger partial charge >= 0.3 is 0 Å². The molecule has 0 aliphatic rings. The Kier molecular flexibility index (Phi) is 5.47. The van der Waals surface area contributed by atoms with E-state index in [9.17, 15) is 14.3 Å². The minimum Gasteiger partial charge on any atom is -0.393 e. The highest BCUT2D eigenvalue weighted by atomic mass is 35.5. The molecular weight excluding hydrogens is 273 g/mol. The number of nitrogens with one attached hydrogen (secondary N) is 1. The molecule has 0 spiro atoms. The smallest absolute Gasteiger partial charge is 0.244 e. The summed E-state index contributed by atoms with van der Waals surface area (Å²) in [5.41, 5.74) is -1.27. The number of hydrogen-bond donors (Lipinski definition) is 3. The van der Waals surface area contributed by atoms with E-state index in [1.807, 2.05) is 0 Å². The minimum absolute atomic E-state index is 0.113. The Labute approximate surface area is 115 Å². The lowest BCUT2D eigenvalue weighted by atomic mass is 10.1. The molecule has 104 valence electrons. The molecule has 1 amide bonds. The molecule has 0 bridgehead atoms. The van der Waals surface area contributed by atoms with Gasteiger partial charge in [-0.3, -0.25) is 4.79 Å². The van der Waals surface area contributed by atoms with Crippen LogP contribution in [0.2, 0.25) is 5.02 Å². The Balaban J connectivity index is 2.64. The monoisotopic (exact) mass is 287 g/mol. The predicted molar refractivity (Wildman–Crippen MR) is 71.2 cm³/mol. The highest BCUT2D eigenvalue weighted by Crippen LogP contribution is 2.20. The molecule has 1 unspecified atom stereocenters. The maximum absolute atomic E-state index is 13.4. The van der Waals surface area contributed by atoms with Crippen molar-refractivity contribution >= 4 is 23.6 Å². The van der Waals surface area contributed by atoms with E-state index in [0.717, 1.165) is 6.08 Å². The third-order valence-corrected chi connectivity index (χ3v) is 2.71. The zero-order chi connectivity index (χ0) is 14.5. The van der Waals surface area contributed by atoms with Gasteiger partial charge in [0.2, 0.25) is 5.91 Å². The van der Waals surface area contributed by atoms with Crippen molar-refractivity contribution in [2.45, 2.75) is 12.5 Å². The van der Waals surface area contributed by atoms with E-state index in [2.05, 4.69) is 5.32 Å². The molecule has 1 atom stereocenters. The van der Waals surface area contributed by atoms with Gasteiger partial charge in [0.1, 0.15) is 11.4 Å². The van der Waals surface area contributed by atoms with Crippen molar-refractivity contribution in [3.05, 3.63) is 40.7 Å². The average molecular weight is 288 g/mol. The number of benzene rings is 1. The zero-order valence-electron chi connectivity index (χ0n) is 10.4. The SMILES string of the molecule is CC(O)(CO)CNC(=O)C=Cc1c(F)cccc1Cl. The lowest BCUT2D eigenvalue weighted by Crippen LogP contribution is -2.42. The van der Waals surface area contributed by atoms with Crippen LogP contribution in [-0.4, -0.2) is 34.9 Å². The fourth-order valence-corrected chi connectivity index (χ4v) is 1.45. The fraction of sp³-hybridized carbons (Fsp3) is 0.308. The molecule has 3 N–H and O–H groups in total. The summed E-state index contributed by atoms with van der Waals surface area (Å²) in [4.78, 5) is 11.4. The first-order valence-corrected chi connectivity index (χ1v) is 5.97. The number of aliphatic hydroxyl groups is 2. The summed E-state index contributed by atoms with van der Waals surface area (Å²) in [5.74, 6) is -1.05. The molecule has 0 aliphatic heterocycles. The highest BCUT2D eigenvalue weighted by Gasteiger charge is 2.19. The fourth-order valence-electron chi connectivity index (χ4n) is 1.22. The lowest BCUT2D eigenvalue weighted by molar-refractivity contribution is -0.117. The molecule has 1 aromatic rings.